The third-order valence-electron chi connectivity index (χ3n) is 4.82. The van der Waals surface area contributed by atoms with Crippen molar-refractivity contribution in [3.63, 3.8) is 0 Å². The fraction of sp³-hybridized carbons (Fsp3) is 1.00. The third-order valence-corrected chi connectivity index (χ3v) is 5.22. The maximum absolute atomic E-state index is 9.02. The molecule has 25 heavy (non-hydrogen) atoms. The first-order valence-corrected chi connectivity index (χ1v) is 11.2. The molecule has 0 saturated heterocycles. The van der Waals surface area contributed by atoms with Gasteiger partial charge in [-0.15, -0.1) is 12.6 Å². The third kappa shape index (κ3) is 18.8. The smallest absolute Gasteiger partial charge is 0.103 e. The first-order chi connectivity index (χ1) is 12.2. The van der Waals surface area contributed by atoms with Gasteiger partial charge in [0.15, 0.2) is 0 Å². The zero-order valence-corrected chi connectivity index (χ0v) is 17.8. The highest BCUT2D eigenvalue weighted by molar-refractivity contribution is 7.80. The van der Waals surface area contributed by atoms with Gasteiger partial charge in [0.2, 0.25) is 0 Å². The standard InChI is InChI=1S/C21H44O3S/c1-3-4-5-6-7-8-9-10-11-12-13-14-15-16-17-21(25)24-19-20(18-22)23-2/h20-22,25H,3-19H2,1-2H3. The Balaban J connectivity index is 3.18. The molecule has 1 N–H and O–H groups in total. The number of methoxy groups -OCH3 is 1. The van der Waals surface area contributed by atoms with Crippen LogP contribution in [0.1, 0.15) is 103 Å². The van der Waals surface area contributed by atoms with Crippen LogP contribution in [0.5, 0.6) is 0 Å². The van der Waals surface area contributed by atoms with Crippen molar-refractivity contribution in [2.45, 2.75) is 115 Å². The Morgan fingerprint density at radius 2 is 1.20 bits per heavy atom. The summed E-state index contributed by atoms with van der Waals surface area (Å²) in [5, 5.41) is 9.02. The van der Waals surface area contributed by atoms with Crippen molar-refractivity contribution in [1.82, 2.24) is 0 Å². The van der Waals surface area contributed by atoms with E-state index in [2.05, 4.69) is 19.6 Å². The molecule has 0 rings (SSSR count). The highest BCUT2D eigenvalue weighted by Crippen LogP contribution is 2.15. The fourth-order valence-electron chi connectivity index (χ4n) is 3.01. The molecule has 152 valence electrons. The van der Waals surface area contributed by atoms with E-state index in [0.29, 0.717) is 6.61 Å². The van der Waals surface area contributed by atoms with Gasteiger partial charge in [0.25, 0.3) is 0 Å². The molecule has 0 aliphatic rings. The second kappa shape index (κ2) is 20.5. The summed E-state index contributed by atoms with van der Waals surface area (Å²) in [6, 6.07) is 0. The molecule has 2 atom stereocenters. The van der Waals surface area contributed by atoms with Crippen LogP contribution in [0.15, 0.2) is 0 Å². The molecular weight excluding hydrogens is 332 g/mol. The summed E-state index contributed by atoms with van der Waals surface area (Å²) in [7, 11) is 1.59. The van der Waals surface area contributed by atoms with Crippen molar-refractivity contribution < 1.29 is 14.6 Å². The Hall–Kier alpha value is 0.230. The first kappa shape index (κ1) is 25.2. The molecule has 3 nitrogen and oxygen atoms in total. The molecule has 0 aliphatic heterocycles. The lowest BCUT2D eigenvalue weighted by Crippen LogP contribution is -2.24. The largest absolute Gasteiger partial charge is 0.394 e. The number of hydrogen-bond acceptors (Lipinski definition) is 4. The van der Waals surface area contributed by atoms with Gasteiger partial charge in [-0.25, -0.2) is 0 Å². The number of aliphatic hydroxyl groups is 1. The van der Waals surface area contributed by atoms with Gasteiger partial charge in [-0.3, -0.25) is 0 Å². The number of ether oxygens (including phenoxy) is 2. The Bertz CT molecular complexity index is 247. The zero-order chi connectivity index (χ0) is 18.6. The maximum atomic E-state index is 9.02. The molecule has 0 radical (unpaired) electrons. The second-order valence-electron chi connectivity index (χ2n) is 7.21. The van der Waals surface area contributed by atoms with Crippen LogP contribution in [-0.4, -0.2) is 37.0 Å². The van der Waals surface area contributed by atoms with Crippen LogP contribution in [-0.2, 0) is 9.47 Å². The number of aliphatic hydroxyl groups excluding tert-OH is 1. The SMILES string of the molecule is CCCCCCCCCCCCCCCCC(S)OCC(CO)OC. The van der Waals surface area contributed by atoms with Crippen LogP contribution < -0.4 is 0 Å². The Morgan fingerprint density at radius 3 is 1.60 bits per heavy atom. The molecular formula is C21H44O3S. The lowest BCUT2D eigenvalue weighted by molar-refractivity contribution is -0.0276. The molecule has 0 heterocycles. The predicted molar refractivity (Wildman–Crippen MR) is 112 cm³/mol. The Morgan fingerprint density at radius 1 is 0.760 bits per heavy atom. The number of unbranched alkanes of at least 4 members (excludes halogenated alkanes) is 13. The van der Waals surface area contributed by atoms with Gasteiger partial charge in [-0.05, 0) is 6.42 Å². The number of hydrogen-bond donors (Lipinski definition) is 2. The first-order valence-electron chi connectivity index (χ1n) is 10.7. The van der Waals surface area contributed by atoms with Crippen LogP contribution >= 0.6 is 12.6 Å². The summed E-state index contributed by atoms with van der Waals surface area (Å²) in [5.74, 6) is 0. The van der Waals surface area contributed by atoms with E-state index >= 15 is 0 Å². The second-order valence-corrected chi connectivity index (χ2v) is 7.79. The summed E-state index contributed by atoms with van der Waals surface area (Å²) < 4.78 is 10.6. The molecule has 0 aromatic heterocycles. The average Bonchev–Trinajstić information content (AvgIpc) is 2.62. The van der Waals surface area contributed by atoms with Crippen molar-refractivity contribution in [1.29, 1.82) is 0 Å². The minimum atomic E-state index is -0.231. The van der Waals surface area contributed by atoms with Crippen molar-refractivity contribution in [3.8, 4) is 0 Å². The fourth-order valence-corrected chi connectivity index (χ4v) is 3.28. The molecule has 0 fully saturated rings. The van der Waals surface area contributed by atoms with Gasteiger partial charge < -0.3 is 14.6 Å². The van der Waals surface area contributed by atoms with Crippen LogP contribution in [0.4, 0.5) is 0 Å². The Kier molecular flexibility index (Phi) is 20.7. The summed E-state index contributed by atoms with van der Waals surface area (Å²) >= 11 is 4.44. The molecule has 4 heteroatoms. The highest BCUT2D eigenvalue weighted by atomic mass is 32.1. The molecule has 0 aromatic rings. The minimum absolute atomic E-state index is 0.00411. The number of thiol groups is 1. The minimum Gasteiger partial charge on any atom is -0.394 e. The molecule has 0 amide bonds. The molecule has 2 unspecified atom stereocenters. The topological polar surface area (TPSA) is 38.7 Å². The molecule has 0 bridgehead atoms. The maximum Gasteiger partial charge on any atom is 0.103 e. The predicted octanol–water partition coefficient (Wildman–Crippen LogP) is 6.14. The summed E-state index contributed by atoms with van der Waals surface area (Å²) in [6.07, 6.45) is 20.0. The lowest BCUT2D eigenvalue weighted by Gasteiger charge is -2.16. The van der Waals surface area contributed by atoms with Gasteiger partial charge in [0.05, 0.1) is 13.2 Å². The average molecular weight is 377 g/mol. The molecule has 0 spiro atoms. The van der Waals surface area contributed by atoms with Crippen molar-refractivity contribution in [2.75, 3.05) is 20.3 Å². The van der Waals surface area contributed by atoms with Gasteiger partial charge in [0, 0.05) is 7.11 Å². The van der Waals surface area contributed by atoms with Gasteiger partial charge in [-0.2, -0.15) is 0 Å². The van der Waals surface area contributed by atoms with E-state index in [1.807, 2.05) is 0 Å². The molecule has 0 aromatic carbocycles. The van der Waals surface area contributed by atoms with Crippen LogP contribution in [0.2, 0.25) is 0 Å². The van der Waals surface area contributed by atoms with E-state index in [4.69, 9.17) is 14.6 Å². The van der Waals surface area contributed by atoms with Crippen molar-refractivity contribution in [3.05, 3.63) is 0 Å². The van der Waals surface area contributed by atoms with Crippen LogP contribution in [0.25, 0.3) is 0 Å². The van der Waals surface area contributed by atoms with Gasteiger partial charge >= 0.3 is 0 Å². The summed E-state index contributed by atoms with van der Waals surface area (Å²) in [4.78, 5) is 0. The van der Waals surface area contributed by atoms with E-state index in [1.165, 1.54) is 89.9 Å². The quantitative estimate of drug-likeness (QED) is 0.152. The van der Waals surface area contributed by atoms with Crippen LogP contribution in [0, 0.1) is 0 Å². The van der Waals surface area contributed by atoms with Crippen molar-refractivity contribution in [2.24, 2.45) is 0 Å². The van der Waals surface area contributed by atoms with E-state index in [1.54, 1.807) is 7.11 Å². The van der Waals surface area contributed by atoms with E-state index in [9.17, 15) is 0 Å². The highest BCUT2D eigenvalue weighted by Gasteiger charge is 2.09. The molecule has 0 aliphatic carbocycles. The number of rotatable bonds is 20. The van der Waals surface area contributed by atoms with E-state index in [0.717, 1.165) is 6.42 Å². The van der Waals surface area contributed by atoms with E-state index < -0.39 is 0 Å². The lowest BCUT2D eigenvalue weighted by atomic mass is 10.0. The van der Waals surface area contributed by atoms with Gasteiger partial charge in [0.1, 0.15) is 11.5 Å². The monoisotopic (exact) mass is 376 g/mol. The summed E-state index contributed by atoms with van der Waals surface area (Å²) in [6.45, 7) is 2.69. The Labute approximate surface area is 162 Å². The summed E-state index contributed by atoms with van der Waals surface area (Å²) in [5.41, 5.74) is -0.0403. The van der Waals surface area contributed by atoms with Gasteiger partial charge in [-0.1, -0.05) is 96.8 Å². The van der Waals surface area contributed by atoms with E-state index in [-0.39, 0.29) is 18.1 Å². The van der Waals surface area contributed by atoms with Crippen LogP contribution in [0.3, 0.4) is 0 Å². The van der Waals surface area contributed by atoms with Crippen molar-refractivity contribution >= 4 is 12.6 Å². The molecule has 0 saturated carbocycles. The normalized spacial score (nSPS) is 13.9. The zero-order valence-electron chi connectivity index (χ0n) is 16.9.